The molecule has 3 N–H and O–H groups in total. The molecule has 5 nitrogen and oxygen atoms in total. The summed E-state index contributed by atoms with van der Waals surface area (Å²) in [6, 6.07) is 0. The van der Waals surface area contributed by atoms with E-state index >= 15 is 4.39 Å². The lowest BCUT2D eigenvalue weighted by atomic mass is 9.44. The molecule has 0 saturated heterocycles. The minimum atomic E-state index is -1.98. The zero-order valence-electron chi connectivity index (χ0n) is 16.6. The van der Waals surface area contributed by atoms with E-state index in [0.717, 1.165) is 0 Å². The highest BCUT2D eigenvalue weighted by Crippen LogP contribution is 2.70. The van der Waals surface area contributed by atoms with Crippen LogP contribution in [0.2, 0.25) is 0 Å². The van der Waals surface area contributed by atoms with E-state index in [1.807, 2.05) is 0 Å². The molecule has 4 rings (SSSR count). The van der Waals surface area contributed by atoms with Crippen LogP contribution >= 0.6 is 0 Å². The predicted octanol–water partition coefficient (Wildman–Crippen LogP) is 1.90. The molecular weight excluding hydrogens is 363 g/mol. The molecule has 8 atom stereocenters. The van der Waals surface area contributed by atoms with Crippen LogP contribution in [0.1, 0.15) is 46.5 Å². The Kier molecular flexibility index (Phi) is 4.15. The molecule has 3 saturated carbocycles. The van der Waals surface area contributed by atoms with Crippen molar-refractivity contribution < 1.29 is 29.3 Å². The van der Waals surface area contributed by atoms with Crippen LogP contribution in [0.3, 0.4) is 0 Å². The number of hydrogen-bond donors (Lipinski definition) is 3. The van der Waals surface area contributed by atoms with Gasteiger partial charge in [0.25, 0.3) is 0 Å². The minimum Gasteiger partial charge on any atom is -0.390 e. The van der Waals surface area contributed by atoms with Crippen molar-refractivity contribution in [3.8, 4) is 0 Å². The van der Waals surface area contributed by atoms with Gasteiger partial charge in [-0.3, -0.25) is 9.59 Å². The number of carbonyl (C=O) groups excluding carboxylic acids is 2. The van der Waals surface area contributed by atoms with Crippen molar-refractivity contribution in [2.75, 3.05) is 6.61 Å². The van der Waals surface area contributed by atoms with Crippen LogP contribution in [0.5, 0.6) is 0 Å². The SMILES string of the molecule is C[C@H]1CC2C3CCC4=CC(=O)C=C[C@]4(C)[C@@]3(F)C(O)C[C@]2(C)[C@@]1(O)C(=O)CO. The second-order valence-corrected chi connectivity index (χ2v) is 9.75. The molecule has 0 aromatic heterocycles. The lowest BCUT2D eigenvalue weighted by Gasteiger charge is -2.62. The van der Waals surface area contributed by atoms with Crippen molar-refractivity contribution in [2.24, 2.45) is 28.6 Å². The second-order valence-electron chi connectivity index (χ2n) is 9.75. The number of hydrogen-bond acceptors (Lipinski definition) is 5. The summed E-state index contributed by atoms with van der Waals surface area (Å²) in [5.74, 6) is -2.12. The predicted molar refractivity (Wildman–Crippen MR) is 99.9 cm³/mol. The average Bonchev–Trinajstić information content (AvgIpc) is 2.84. The zero-order chi connectivity index (χ0) is 20.7. The van der Waals surface area contributed by atoms with E-state index in [4.69, 9.17) is 0 Å². The first kappa shape index (κ1) is 19.9. The summed E-state index contributed by atoms with van der Waals surface area (Å²) in [5, 5.41) is 32.0. The Bertz CT molecular complexity index is 805. The van der Waals surface area contributed by atoms with Gasteiger partial charge in [0, 0.05) is 16.7 Å². The quantitative estimate of drug-likeness (QED) is 0.667. The number of allylic oxidation sites excluding steroid dienone is 4. The van der Waals surface area contributed by atoms with E-state index in [9.17, 15) is 24.9 Å². The molecule has 6 heteroatoms. The van der Waals surface area contributed by atoms with Crippen LogP contribution in [0.15, 0.2) is 23.8 Å². The average molecular weight is 392 g/mol. The van der Waals surface area contributed by atoms with Crippen LogP contribution < -0.4 is 0 Å². The largest absolute Gasteiger partial charge is 0.390 e. The summed E-state index contributed by atoms with van der Waals surface area (Å²) in [4.78, 5) is 24.4. The number of alkyl halides is 1. The number of Topliss-reactive ketones (excluding diaryl/α,β-unsaturated/α-hetero) is 1. The van der Waals surface area contributed by atoms with Crippen molar-refractivity contribution in [3.05, 3.63) is 23.8 Å². The molecule has 0 aromatic rings. The Balaban J connectivity index is 1.84. The molecule has 4 aliphatic carbocycles. The van der Waals surface area contributed by atoms with Crippen molar-refractivity contribution in [3.63, 3.8) is 0 Å². The van der Waals surface area contributed by atoms with E-state index in [-0.39, 0.29) is 18.1 Å². The minimum absolute atomic E-state index is 0.0676. The Morgan fingerprint density at radius 2 is 2.00 bits per heavy atom. The third-order valence-electron chi connectivity index (χ3n) is 8.79. The summed E-state index contributed by atoms with van der Waals surface area (Å²) >= 11 is 0. The maximum absolute atomic E-state index is 16.9. The number of carbonyl (C=O) groups is 2. The van der Waals surface area contributed by atoms with Gasteiger partial charge in [-0.25, -0.2) is 4.39 Å². The fraction of sp³-hybridized carbons (Fsp3) is 0.727. The molecule has 0 aromatic carbocycles. The van der Waals surface area contributed by atoms with Crippen molar-refractivity contribution >= 4 is 11.6 Å². The van der Waals surface area contributed by atoms with Crippen LogP contribution in [0.25, 0.3) is 0 Å². The first-order valence-corrected chi connectivity index (χ1v) is 10.1. The highest BCUT2D eigenvalue weighted by molar-refractivity contribution is 6.01. The van der Waals surface area contributed by atoms with Gasteiger partial charge in [0.05, 0.1) is 6.10 Å². The Morgan fingerprint density at radius 1 is 1.32 bits per heavy atom. The third-order valence-corrected chi connectivity index (χ3v) is 8.79. The van der Waals surface area contributed by atoms with Gasteiger partial charge in [0.1, 0.15) is 12.2 Å². The van der Waals surface area contributed by atoms with Gasteiger partial charge in [0.15, 0.2) is 17.2 Å². The molecule has 0 aliphatic heterocycles. The van der Waals surface area contributed by atoms with Gasteiger partial charge < -0.3 is 15.3 Å². The number of aliphatic hydroxyl groups is 3. The van der Waals surface area contributed by atoms with Gasteiger partial charge in [0.2, 0.25) is 0 Å². The van der Waals surface area contributed by atoms with Crippen LogP contribution in [-0.2, 0) is 9.59 Å². The smallest absolute Gasteiger partial charge is 0.190 e. The van der Waals surface area contributed by atoms with Crippen molar-refractivity contribution in [2.45, 2.75) is 63.8 Å². The molecule has 3 fully saturated rings. The molecule has 0 spiro atoms. The summed E-state index contributed by atoms with van der Waals surface area (Å²) in [7, 11) is 0. The summed E-state index contributed by atoms with van der Waals surface area (Å²) in [5.41, 5.74) is -5.17. The molecule has 0 bridgehead atoms. The van der Waals surface area contributed by atoms with E-state index in [2.05, 4.69) is 0 Å². The fourth-order valence-corrected chi connectivity index (χ4v) is 7.26. The summed E-state index contributed by atoms with van der Waals surface area (Å²) in [6.07, 6.45) is 4.44. The number of rotatable bonds is 2. The monoisotopic (exact) mass is 392 g/mol. The Labute approximate surface area is 164 Å². The summed E-state index contributed by atoms with van der Waals surface area (Å²) < 4.78 is 16.9. The zero-order valence-corrected chi connectivity index (χ0v) is 16.6. The van der Waals surface area contributed by atoms with E-state index in [1.54, 1.807) is 26.8 Å². The molecular formula is C22H29FO5. The molecule has 154 valence electrons. The standard InChI is InChI=1S/C22H29FO5/c1-12-8-16-15-5-4-13-9-14(25)6-7-19(13,2)21(15,23)17(26)10-20(16,3)22(12,28)18(27)11-24/h6-7,9,12,15-17,24,26,28H,4-5,8,10-11H2,1-3H3/t12-,15?,16?,17?,19-,20-,21-,22-/m0/s1. The lowest BCUT2D eigenvalue weighted by molar-refractivity contribution is -0.219. The van der Waals surface area contributed by atoms with Gasteiger partial charge >= 0.3 is 0 Å². The first-order valence-electron chi connectivity index (χ1n) is 10.1. The van der Waals surface area contributed by atoms with Crippen LogP contribution in [0, 0.1) is 28.6 Å². The lowest BCUT2D eigenvalue weighted by Crippen LogP contribution is -2.69. The fourth-order valence-electron chi connectivity index (χ4n) is 7.26. The van der Waals surface area contributed by atoms with Crippen LogP contribution in [-0.4, -0.2) is 50.9 Å². The van der Waals surface area contributed by atoms with E-state index in [0.29, 0.717) is 24.8 Å². The topological polar surface area (TPSA) is 94.8 Å². The molecule has 4 aliphatic rings. The number of aliphatic hydroxyl groups excluding tert-OH is 2. The normalized spacial score (nSPS) is 52.5. The highest BCUT2D eigenvalue weighted by atomic mass is 19.1. The highest BCUT2D eigenvalue weighted by Gasteiger charge is 2.75. The first-order chi connectivity index (χ1) is 13.0. The summed E-state index contributed by atoms with van der Waals surface area (Å²) in [6.45, 7) is 4.48. The van der Waals surface area contributed by atoms with Gasteiger partial charge in [-0.15, -0.1) is 0 Å². The molecule has 28 heavy (non-hydrogen) atoms. The molecule has 0 radical (unpaired) electrons. The van der Waals surface area contributed by atoms with E-state index in [1.165, 1.54) is 12.2 Å². The molecule has 0 amide bonds. The van der Waals surface area contributed by atoms with Crippen molar-refractivity contribution in [1.29, 1.82) is 0 Å². The Morgan fingerprint density at radius 3 is 2.64 bits per heavy atom. The number of fused-ring (bicyclic) bond motifs is 5. The Hall–Kier alpha value is -1.37. The maximum Gasteiger partial charge on any atom is 0.190 e. The molecule has 3 unspecified atom stereocenters. The number of halogens is 1. The van der Waals surface area contributed by atoms with Gasteiger partial charge in [-0.1, -0.05) is 25.5 Å². The van der Waals surface area contributed by atoms with Gasteiger partial charge in [-0.2, -0.15) is 0 Å². The van der Waals surface area contributed by atoms with Crippen LogP contribution in [0.4, 0.5) is 4.39 Å². The third kappa shape index (κ3) is 2.01. The maximum atomic E-state index is 16.9. The number of ketones is 2. The second kappa shape index (κ2) is 5.83. The molecule has 0 heterocycles. The van der Waals surface area contributed by atoms with Crippen molar-refractivity contribution in [1.82, 2.24) is 0 Å². The van der Waals surface area contributed by atoms with E-state index < -0.39 is 52.4 Å². The van der Waals surface area contributed by atoms with Gasteiger partial charge in [-0.05, 0) is 56.6 Å².